The van der Waals surface area contributed by atoms with Crippen molar-refractivity contribution in [3.63, 3.8) is 0 Å². The molecule has 2 aromatic heterocycles. The van der Waals surface area contributed by atoms with Crippen LogP contribution >= 0.6 is 12.2 Å². The average Bonchev–Trinajstić information content (AvgIpc) is 3.49. The highest BCUT2D eigenvalue weighted by atomic mass is 32.2. The number of hydrogen-bond acceptors (Lipinski definition) is 11. The van der Waals surface area contributed by atoms with E-state index in [-0.39, 0.29) is 33.6 Å². The Morgan fingerprint density at radius 2 is 1.43 bits per heavy atom. The molecule has 0 saturated heterocycles. The van der Waals surface area contributed by atoms with E-state index in [1.807, 2.05) is 24.3 Å². The lowest BCUT2D eigenvalue weighted by Gasteiger charge is -2.22. The van der Waals surface area contributed by atoms with Crippen molar-refractivity contribution >= 4 is 50.7 Å². The molecule has 0 spiro atoms. The molecule has 0 atom stereocenters. The minimum atomic E-state index is -3.57. The van der Waals surface area contributed by atoms with Crippen LogP contribution in [0.25, 0.3) is 34.0 Å². The number of anilines is 2. The van der Waals surface area contributed by atoms with Crippen molar-refractivity contribution in [2.24, 2.45) is 0 Å². The molecule has 0 aliphatic carbocycles. The van der Waals surface area contributed by atoms with Gasteiger partial charge in [0.1, 0.15) is 22.6 Å². The number of amides is 1. The van der Waals surface area contributed by atoms with Crippen LogP contribution in [0.1, 0.15) is 65.9 Å². The average molecular weight is 709 g/mol. The van der Waals surface area contributed by atoms with Crippen LogP contribution in [-0.4, -0.2) is 64.2 Å². The summed E-state index contributed by atoms with van der Waals surface area (Å²) in [5, 5.41) is 12.5. The number of thiocarbonyl (C=S) groups is 1. The Kier molecular flexibility index (Phi) is 10.8. The standard InChI is InChI=1S/C34H40N6O7S2/c1-19(2)49(43,44)23-16-12-21(13-17-23)26-28(30(41)45-33(3,4)5)38-29(39-32(42)46-34(6,7)8)27(37-26)25-18-24(40-47-25)20-10-14-22(15-11-20)36-31(48)35-9/h10-19H,1-9H3,(H2,35,36,48)(H,38,39,42). The molecule has 0 radical (unpaired) electrons. The van der Waals surface area contributed by atoms with Crippen molar-refractivity contribution in [2.45, 2.75) is 76.7 Å². The fraction of sp³-hybridized carbons (Fsp3) is 0.353. The molecule has 3 N–H and O–H groups in total. The molecule has 0 saturated carbocycles. The van der Waals surface area contributed by atoms with Gasteiger partial charge in [-0.05, 0) is 91.9 Å². The maximum atomic E-state index is 13.6. The van der Waals surface area contributed by atoms with Gasteiger partial charge in [0.2, 0.25) is 0 Å². The normalized spacial score (nSPS) is 12.0. The van der Waals surface area contributed by atoms with E-state index in [1.165, 1.54) is 24.3 Å². The summed E-state index contributed by atoms with van der Waals surface area (Å²) in [6.07, 6.45) is -0.850. The Balaban J connectivity index is 1.89. The monoisotopic (exact) mass is 708 g/mol. The predicted octanol–water partition coefficient (Wildman–Crippen LogP) is 6.87. The van der Waals surface area contributed by atoms with Gasteiger partial charge in [0.15, 0.2) is 37.9 Å². The van der Waals surface area contributed by atoms with Crippen LogP contribution in [0.15, 0.2) is 64.0 Å². The third kappa shape index (κ3) is 9.38. The summed E-state index contributed by atoms with van der Waals surface area (Å²) < 4.78 is 42.4. The highest BCUT2D eigenvalue weighted by Gasteiger charge is 2.29. The number of rotatable bonds is 8. The van der Waals surface area contributed by atoms with E-state index in [2.05, 4.69) is 26.1 Å². The molecule has 0 bridgehead atoms. The van der Waals surface area contributed by atoms with Gasteiger partial charge < -0.3 is 24.6 Å². The van der Waals surface area contributed by atoms with Crippen LogP contribution in [0.4, 0.5) is 16.3 Å². The van der Waals surface area contributed by atoms with Gasteiger partial charge in [-0.1, -0.05) is 29.4 Å². The maximum absolute atomic E-state index is 13.6. The fourth-order valence-electron chi connectivity index (χ4n) is 4.28. The van der Waals surface area contributed by atoms with Crippen LogP contribution in [0.2, 0.25) is 0 Å². The van der Waals surface area contributed by atoms with Crippen LogP contribution in [0, 0.1) is 0 Å². The van der Waals surface area contributed by atoms with Crippen molar-refractivity contribution < 1.29 is 32.0 Å². The molecule has 0 aliphatic rings. The molecule has 0 aliphatic heterocycles. The van der Waals surface area contributed by atoms with Gasteiger partial charge in [0.25, 0.3) is 0 Å². The lowest BCUT2D eigenvalue weighted by Crippen LogP contribution is -2.29. The topological polar surface area (TPSA) is 175 Å². The van der Waals surface area contributed by atoms with Gasteiger partial charge in [0.05, 0.1) is 10.1 Å². The first-order chi connectivity index (χ1) is 22.8. The maximum Gasteiger partial charge on any atom is 0.413 e. The smallest absolute Gasteiger partial charge is 0.413 e. The number of ether oxygens (including phenoxy) is 2. The van der Waals surface area contributed by atoms with Crippen LogP contribution < -0.4 is 16.0 Å². The summed E-state index contributed by atoms with van der Waals surface area (Å²) >= 11 is 5.16. The van der Waals surface area contributed by atoms with E-state index in [9.17, 15) is 18.0 Å². The molecular formula is C34H40N6O7S2. The highest BCUT2D eigenvalue weighted by Crippen LogP contribution is 2.34. The summed E-state index contributed by atoms with van der Waals surface area (Å²) in [6.45, 7) is 13.4. The second-order valence-electron chi connectivity index (χ2n) is 13.2. The van der Waals surface area contributed by atoms with Crippen molar-refractivity contribution in [3.8, 4) is 34.0 Å². The third-order valence-electron chi connectivity index (χ3n) is 6.59. The molecule has 13 nitrogen and oxygen atoms in total. The molecule has 1 amide bonds. The molecule has 2 aromatic carbocycles. The minimum absolute atomic E-state index is 0.0310. The third-order valence-corrected chi connectivity index (χ3v) is 9.07. The van der Waals surface area contributed by atoms with E-state index in [4.69, 9.17) is 31.2 Å². The van der Waals surface area contributed by atoms with E-state index in [1.54, 1.807) is 68.5 Å². The quantitative estimate of drug-likeness (QED) is 0.128. The second kappa shape index (κ2) is 14.3. The SMILES string of the molecule is CNC(=S)Nc1ccc(-c2cc(-c3nc(-c4ccc(S(=O)(=O)C(C)C)cc4)c(C(=O)OC(C)(C)C)nc3NC(=O)OC(C)(C)C)on2)cc1. The zero-order chi connectivity index (χ0) is 36.3. The van der Waals surface area contributed by atoms with Gasteiger partial charge in [-0.3, -0.25) is 5.32 Å². The lowest BCUT2D eigenvalue weighted by molar-refractivity contribution is 0.00630. The number of carbonyl (C=O) groups excluding carboxylic acids is 2. The molecular weight excluding hydrogens is 669 g/mol. The number of hydrogen-bond donors (Lipinski definition) is 3. The number of esters is 1. The van der Waals surface area contributed by atoms with Crippen LogP contribution in [-0.2, 0) is 19.3 Å². The van der Waals surface area contributed by atoms with Crippen LogP contribution in [0.3, 0.4) is 0 Å². The van der Waals surface area contributed by atoms with Gasteiger partial charge in [-0.15, -0.1) is 0 Å². The van der Waals surface area contributed by atoms with Gasteiger partial charge in [-0.25, -0.2) is 28.0 Å². The number of sulfone groups is 1. The first kappa shape index (κ1) is 36.9. The summed E-state index contributed by atoms with van der Waals surface area (Å²) in [4.78, 5) is 35.9. The zero-order valence-corrected chi connectivity index (χ0v) is 30.4. The van der Waals surface area contributed by atoms with Crippen molar-refractivity contribution in [1.29, 1.82) is 0 Å². The fourth-order valence-corrected chi connectivity index (χ4v) is 5.46. The molecule has 49 heavy (non-hydrogen) atoms. The van der Waals surface area contributed by atoms with E-state index in [0.29, 0.717) is 21.9 Å². The molecule has 0 fully saturated rings. The summed E-state index contributed by atoms with van der Waals surface area (Å²) in [7, 11) is -1.86. The molecule has 4 rings (SSSR count). The highest BCUT2D eigenvalue weighted by molar-refractivity contribution is 7.92. The second-order valence-corrected chi connectivity index (χ2v) is 16.1. The zero-order valence-electron chi connectivity index (χ0n) is 28.8. The minimum Gasteiger partial charge on any atom is -0.455 e. The molecule has 0 unspecified atom stereocenters. The summed E-state index contributed by atoms with van der Waals surface area (Å²) in [6, 6.07) is 14.8. The molecule has 2 heterocycles. The van der Waals surface area contributed by atoms with E-state index >= 15 is 0 Å². The van der Waals surface area contributed by atoms with Gasteiger partial charge >= 0.3 is 12.1 Å². The number of carbonyl (C=O) groups is 2. The molecule has 4 aromatic rings. The first-order valence-electron chi connectivity index (χ1n) is 15.3. The molecule has 260 valence electrons. The largest absolute Gasteiger partial charge is 0.455 e. The van der Waals surface area contributed by atoms with E-state index < -0.39 is 38.4 Å². The number of aromatic nitrogens is 3. The Morgan fingerprint density at radius 3 is 1.98 bits per heavy atom. The number of nitrogens with zero attached hydrogens (tertiary/aromatic N) is 3. The number of benzene rings is 2. The lowest BCUT2D eigenvalue weighted by atomic mass is 10.1. The molecule has 15 heteroatoms. The van der Waals surface area contributed by atoms with Crippen molar-refractivity contribution in [1.82, 2.24) is 20.4 Å². The van der Waals surface area contributed by atoms with E-state index in [0.717, 1.165) is 5.69 Å². The van der Waals surface area contributed by atoms with Crippen molar-refractivity contribution in [3.05, 3.63) is 60.3 Å². The summed E-state index contributed by atoms with van der Waals surface area (Å²) in [5.74, 6) is -0.860. The Bertz CT molecular complexity index is 1960. The number of nitrogens with one attached hydrogen (secondary N) is 3. The Labute approximate surface area is 291 Å². The Morgan fingerprint density at radius 1 is 0.837 bits per heavy atom. The summed E-state index contributed by atoms with van der Waals surface area (Å²) in [5.41, 5.74) is 0.393. The van der Waals surface area contributed by atoms with Gasteiger partial charge in [-0.2, -0.15) is 0 Å². The van der Waals surface area contributed by atoms with Gasteiger partial charge in [0, 0.05) is 29.9 Å². The predicted molar refractivity (Wildman–Crippen MR) is 191 cm³/mol. The Hall–Kier alpha value is -4.89. The van der Waals surface area contributed by atoms with Crippen LogP contribution in [0.5, 0.6) is 0 Å². The van der Waals surface area contributed by atoms with Crippen molar-refractivity contribution in [2.75, 3.05) is 17.7 Å². The first-order valence-corrected chi connectivity index (χ1v) is 17.3.